The van der Waals surface area contributed by atoms with Crippen molar-refractivity contribution in [3.05, 3.63) is 29.3 Å². The molecule has 2 N–H and O–H groups in total. The summed E-state index contributed by atoms with van der Waals surface area (Å²) in [7, 11) is 1.59. The van der Waals surface area contributed by atoms with Crippen molar-refractivity contribution in [2.75, 3.05) is 13.7 Å². The molecule has 4 nitrogen and oxygen atoms in total. The highest BCUT2D eigenvalue weighted by Gasteiger charge is 2.18. The smallest absolute Gasteiger partial charge is 0.222 e. The molecule has 0 atom stereocenters. The zero-order chi connectivity index (χ0) is 13.8. The molecule has 1 heterocycles. The summed E-state index contributed by atoms with van der Waals surface area (Å²) < 4.78 is 5.29. The minimum Gasteiger partial charge on any atom is -0.496 e. The molecule has 0 bridgehead atoms. The predicted octanol–water partition coefficient (Wildman–Crippen LogP) is 1.84. The van der Waals surface area contributed by atoms with E-state index < -0.39 is 0 Å². The molecule has 0 spiro atoms. The van der Waals surface area contributed by atoms with E-state index in [2.05, 4.69) is 0 Å². The summed E-state index contributed by atoms with van der Waals surface area (Å²) in [6, 6.07) is 5.69. The average molecular weight is 278 g/mol. The highest BCUT2D eigenvalue weighted by Crippen LogP contribution is 2.22. The zero-order valence-corrected chi connectivity index (χ0v) is 11.8. The number of ether oxygens (including phenoxy) is 1. The average Bonchev–Trinajstić information content (AvgIpc) is 2.41. The number of methoxy groups -OCH3 is 1. The number of carbonyl (C=O) groups is 1. The van der Waals surface area contributed by atoms with Crippen molar-refractivity contribution in [3.63, 3.8) is 0 Å². The van der Waals surface area contributed by atoms with Crippen molar-refractivity contribution in [1.82, 2.24) is 4.90 Å². The molecule has 0 aliphatic carbocycles. The van der Waals surface area contributed by atoms with Gasteiger partial charge in [-0.25, -0.2) is 0 Å². The Hall–Kier alpha value is -1.62. The van der Waals surface area contributed by atoms with Gasteiger partial charge in [0.05, 0.1) is 12.7 Å². The fourth-order valence-corrected chi connectivity index (χ4v) is 2.46. The first-order valence-electron chi connectivity index (χ1n) is 6.36. The van der Waals surface area contributed by atoms with Crippen molar-refractivity contribution >= 4 is 23.1 Å². The van der Waals surface area contributed by atoms with Gasteiger partial charge < -0.3 is 15.4 Å². The number of hydrogen-bond donors (Lipinski definition) is 1. The summed E-state index contributed by atoms with van der Waals surface area (Å²) >= 11 is 4.97. The van der Waals surface area contributed by atoms with Crippen LogP contribution in [0.5, 0.6) is 5.75 Å². The second kappa shape index (κ2) is 6.02. The van der Waals surface area contributed by atoms with Crippen LogP contribution in [0.15, 0.2) is 18.2 Å². The molecule has 1 fully saturated rings. The Morgan fingerprint density at radius 2 is 2.26 bits per heavy atom. The molecular weight excluding hydrogens is 260 g/mol. The van der Waals surface area contributed by atoms with E-state index in [0.29, 0.717) is 23.7 Å². The van der Waals surface area contributed by atoms with Crippen molar-refractivity contribution in [2.24, 2.45) is 5.73 Å². The number of thiocarbonyl (C=S) groups is 1. The SMILES string of the molecule is COc1cc(CN2CCCCC2=O)ccc1C(N)=S. The second-order valence-corrected chi connectivity index (χ2v) is 5.11. The van der Waals surface area contributed by atoms with Gasteiger partial charge in [-0.1, -0.05) is 18.3 Å². The van der Waals surface area contributed by atoms with Crippen LogP contribution >= 0.6 is 12.2 Å². The van der Waals surface area contributed by atoms with Gasteiger partial charge in [-0.3, -0.25) is 4.79 Å². The van der Waals surface area contributed by atoms with Gasteiger partial charge in [0.1, 0.15) is 10.7 Å². The molecule has 0 saturated carbocycles. The summed E-state index contributed by atoms with van der Waals surface area (Å²) in [5.41, 5.74) is 7.40. The lowest BCUT2D eigenvalue weighted by Crippen LogP contribution is -2.34. The molecule has 0 radical (unpaired) electrons. The zero-order valence-electron chi connectivity index (χ0n) is 11.0. The van der Waals surface area contributed by atoms with E-state index in [-0.39, 0.29) is 5.91 Å². The molecule has 1 aromatic rings. The van der Waals surface area contributed by atoms with E-state index >= 15 is 0 Å². The van der Waals surface area contributed by atoms with Crippen LogP contribution in [-0.2, 0) is 11.3 Å². The Morgan fingerprint density at radius 3 is 2.89 bits per heavy atom. The van der Waals surface area contributed by atoms with Gasteiger partial charge in [-0.2, -0.15) is 0 Å². The van der Waals surface area contributed by atoms with E-state index in [4.69, 9.17) is 22.7 Å². The van der Waals surface area contributed by atoms with E-state index in [1.807, 2.05) is 23.1 Å². The lowest BCUT2D eigenvalue weighted by atomic mass is 10.1. The van der Waals surface area contributed by atoms with Crippen molar-refractivity contribution < 1.29 is 9.53 Å². The fraction of sp³-hybridized carbons (Fsp3) is 0.429. The van der Waals surface area contributed by atoms with Crippen LogP contribution in [-0.4, -0.2) is 29.5 Å². The summed E-state index contributed by atoms with van der Waals surface area (Å²) in [6.45, 7) is 1.45. The van der Waals surface area contributed by atoms with Crippen LogP contribution in [0, 0.1) is 0 Å². The van der Waals surface area contributed by atoms with Crippen molar-refractivity contribution in [2.45, 2.75) is 25.8 Å². The monoisotopic (exact) mass is 278 g/mol. The van der Waals surface area contributed by atoms with Gasteiger partial charge in [-0.05, 0) is 30.5 Å². The Bertz CT molecular complexity index is 502. The number of likely N-dealkylation sites (tertiary alicyclic amines) is 1. The lowest BCUT2D eigenvalue weighted by Gasteiger charge is -2.27. The van der Waals surface area contributed by atoms with Crippen LogP contribution in [0.2, 0.25) is 0 Å². The molecule has 2 rings (SSSR count). The number of nitrogens with two attached hydrogens (primary N) is 1. The van der Waals surface area contributed by atoms with Gasteiger partial charge >= 0.3 is 0 Å². The van der Waals surface area contributed by atoms with Crippen LogP contribution in [0.1, 0.15) is 30.4 Å². The molecular formula is C14H18N2O2S. The van der Waals surface area contributed by atoms with Crippen LogP contribution in [0.3, 0.4) is 0 Å². The van der Waals surface area contributed by atoms with Gasteiger partial charge in [0.15, 0.2) is 0 Å². The van der Waals surface area contributed by atoms with E-state index in [0.717, 1.165) is 30.5 Å². The molecule has 1 aromatic carbocycles. The van der Waals surface area contributed by atoms with Gasteiger partial charge in [0.2, 0.25) is 5.91 Å². The molecule has 0 unspecified atom stereocenters. The van der Waals surface area contributed by atoms with Gasteiger partial charge in [0.25, 0.3) is 0 Å². The highest BCUT2D eigenvalue weighted by atomic mass is 32.1. The molecule has 19 heavy (non-hydrogen) atoms. The van der Waals surface area contributed by atoms with Gasteiger partial charge in [0, 0.05) is 19.5 Å². The Balaban J connectivity index is 2.17. The van der Waals surface area contributed by atoms with Crippen LogP contribution in [0.4, 0.5) is 0 Å². The number of amides is 1. The normalized spacial score (nSPS) is 15.4. The first kappa shape index (κ1) is 13.8. The third-order valence-electron chi connectivity index (χ3n) is 3.33. The van der Waals surface area contributed by atoms with Crippen LogP contribution < -0.4 is 10.5 Å². The first-order chi connectivity index (χ1) is 9.11. The Kier molecular flexibility index (Phi) is 4.37. The summed E-state index contributed by atoms with van der Waals surface area (Å²) in [5.74, 6) is 0.887. The Labute approximate surface area is 118 Å². The lowest BCUT2D eigenvalue weighted by molar-refractivity contribution is -0.133. The van der Waals surface area contributed by atoms with Crippen molar-refractivity contribution in [3.8, 4) is 5.75 Å². The maximum Gasteiger partial charge on any atom is 0.222 e. The van der Waals surface area contributed by atoms with Crippen molar-refractivity contribution in [1.29, 1.82) is 0 Å². The third-order valence-corrected chi connectivity index (χ3v) is 3.55. The quantitative estimate of drug-likeness (QED) is 0.854. The molecule has 5 heteroatoms. The first-order valence-corrected chi connectivity index (χ1v) is 6.77. The number of benzene rings is 1. The largest absolute Gasteiger partial charge is 0.496 e. The standard InChI is InChI=1S/C14H18N2O2S/c1-18-12-8-10(5-6-11(12)14(15)19)9-16-7-3-2-4-13(16)17/h5-6,8H,2-4,7,9H2,1H3,(H2,15,19). The Morgan fingerprint density at radius 1 is 1.47 bits per heavy atom. The second-order valence-electron chi connectivity index (χ2n) is 4.67. The molecule has 1 aliphatic heterocycles. The number of piperidine rings is 1. The number of nitrogens with zero attached hydrogens (tertiary/aromatic N) is 1. The molecule has 1 aliphatic rings. The van der Waals surface area contributed by atoms with E-state index in [1.54, 1.807) is 7.11 Å². The molecule has 102 valence electrons. The topological polar surface area (TPSA) is 55.6 Å². The maximum atomic E-state index is 11.8. The van der Waals surface area contributed by atoms with E-state index in [1.165, 1.54) is 0 Å². The number of hydrogen-bond acceptors (Lipinski definition) is 3. The summed E-state index contributed by atoms with van der Waals surface area (Å²) in [4.78, 5) is 14.0. The highest BCUT2D eigenvalue weighted by molar-refractivity contribution is 7.80. The third kappa shape index (κ3) is 3.23. The predicted molar refractivity (Wildman–Crippen MR) is 78.1 cm³/mol. The molecule has 1 amide bonds. The molecule has 1 saturated heterocycles. The summed E-state index contributed by atoms with van der Waals surface area (Å²) in [5, 5.41) is 0. The maximum absolute atomic E-state index is 11.8. The number of rotatable bonds is 4. The summed E-state index contributed by atoms with van der Waals surface area (Å²) in [6.07, 6.45) is 2.73. The van der Waals surface area contributed by atoms with Crippen LogP contribution in [0.25, 0.3) is 0 Å². The van der Waals surface area contributed by atoms with E-state index in [9.17, 15) is 4.79 Å². The minimum atomic E-state index is 0.226. The minimum absolute atomic E-state index is 0.226. The fourth-order valence-electron chi connectivity index (χ4n) is 2.29. The van der Waals surface area contributed by atoms with Gasteiger partial charge in [-0.15, -0.1) is 0 Å². The molecule has 0 aromatic heterocycles. The number of carbonyl (C=O) groups excluding carboxylic acids is 1.